The van der Waals surface area contributed by atoms with Gasteiger partial charge in [-0.15, -0.1) is 0 Å². The summed E-state index contributed by atoms with van der Waals surface area (Å²) in [7, 11) is 0. The smallest absolute Gasteiger partial charge is 0.0547 e. The number of fused-ring (bicyclic) bond motifs is 7. The van der Waals surface area contributed by atoms with Gasteiger partial charge in [-0.2, -0.15) is 0 Å². The molecule has 0 aliphatic carbocycles. The maximum atomic E-state index is 2.45. The molecule has 0 fully saturated rings. The summed E-state index contributed by atoms with van der Waals surface area (Å²) >= 11 is 0. The molecule has 11 rings (SSSR count). The van der Waals surface area contributed by atoms with E-state index in [0.29, 0.717) is 0 Å². The average molecular weight is 687 g/mol. The molecule has 0 bridgehead atoms. The van der Waals surface area contributed by atoms with Crippen LogP contribution in [0.25, 0.3) is 99.1 Å². The van der Waals surface area contributed by atoms with Gasteiger partial charge in [-0.1, -0.05) is 127 Å². The van der Waals surface area contributed by atoms with Crippen LogP contribution in [-0.2, 0) is 0 Å². The zero-order valence-electron chi connectivity index (χ0n) is 29.5. The van der Waals surface area contributed by atoms with Crippen molar-refractivity contribution in [2.75, 3.05) is 0 Å². The van der Waals surface area contributed by atoms with Crippen LogP contribution in [0.5, 0.6) is 0 Å². The molecule has 0 atom stereocenters. The van der Waals surface area contributed by atoms with Crippen molar-refractivity contribution < 1.29 is 0 Å². The second-order valence-electron chi connectivity index (χ2n) is 14.2. The molecule has 0 aliphatic heterocycles. The van der Waals surface area contributed by atoms with Gasteiger partial charge in [0.15, 0.2) is 0 Å². The number of aromatic nitrogens is 2. The van der Waals surface area contributed by atoms with Crippen LogP contribution in [0.1, 0.15) is 0 Å². The molecule has 0 spiro atoms. The largest absolute Gasteiger partial charge is 0.309 e. The molecule has 54 heavy (non-hydrogen) atoms. The molecule has 0 N–H and O–H groups in total. The Morgan fingerprint density at radius 2 is 0.630 bits per heavy atom. The highest BCUT2D eigenvalue weighted by molar-refractivity contribution is 6.18. The van der Waals surface area contributed by atoms with Crippen molar-refractivity contribution in [1.29, 1.82) is 0 Å². The molecule has 2 nitrogen and oxygen atoms in total. The summed E-state index contributed by atoms with van der Waals surface area (Å²) in [6.07, 6.45) is 0. The summed E-state index contributed by atoms with van der Waals surface area (Å²) in [6, 6.07) is 75.3. The molecule has 0 amide bonds. The normalized spacial score (nSPS) is 11.7. The average Bonchev–Trinajstić information content (AvgIpc) is 3.74. The van der Waals surface area contributed by atoms with Crippen molar-refractivity contribution in [3.05, 3.63) is 206 Å². The summed E-state index contributed by atoms with van der Waals surface area (Å²) in [4.78, 5) is 0. The molecule has 9 aromatic carbocycles. The quantitative estimate of drug-likeness (QED) is 0.171. The lowest BCUT2D eigenvalue weighted by Crippen LogP contribution is -1.95. The molecule has 0 radical (unpaired) electrons. The summed E-state index contributed by atoms with van der Waals surface area (Å²) in [5.74, 6) is 0. The monoisotopic (exact) mass is 686 g/mol. The van der Waals surface area contributed by atoms with Gasteiger partial charge in [0.2, 0.25) is 0 Å². The van der Waals surface area contributed by atoms with E-state index in [0.717, 1.165) is 5.69 Å². The third kappa shape index (κ3) is 4.88. The van der Waals surface area contributed by atoms with Gasteiger partial charge >= 0.3 is 0 Å². The van der Waals surface area contributed by atoms with Gasteiger partial charge in [-0.05, 0) is 123 Å². The van der Waals surface area contributed by atoms with Crippen LogP contribution in [0.4, 0.5) is 0 Å². The fraction of sp³-hybridized carbons (Fsp3) is 0. The predicted molar refractivity (Wildman–Crippen MR) is 229 cm³/mol. The highest BCUT2D eigenvalue weighted by Gasteiger charge is 2.17. The van der Waals surface area contributed by atoms with Crippen LogP contribution >= 0.6 is 0 Å². The van der Waals surface area contributed by atoms with E-state index < -0.39 is 0 Å². The SMILES string of the molecule is c1ccc(-c2cc(-c3ccccc3)cc(-c3cccc(-n4c5ccccc5c5cc6cc7c(cc6cc54)c4ccccc4n7-c4ccccc4)c3)c2)cc1. The van der Waals surface area contributed by atoms with Crippen LogP contribution in [-0.4, -0.2) is 9.13 Å². The number of hydrogen-bond acceptors (Lipinski definition) is 0. The number of para-hydroxylation sites is 3. The fourth-order valence-corrected chi connectivity index (χ4v) is 8.53. The second-order valence-corrected chi connectivity index (χ2v) is 14.2. The number of rotatable bonds is 5. The van der Waals surface area contributed by atoms with E-state index in [2.05, 4.69) is 215 Å². The molecule has 0 aliphatic rings. The molecular formula is C52H34N2. The first-order chi connectivity index (χ1) is 26.8. The Labute approximate surface area is 313 Å². The third-order valence-corrected chi connectivity index (χ3v) is 11.0. The summed E-state index contributed by atoms with van der Waals surface area (Å²) < 4.78 is 4.85. The summed E-state index contributed by atoms with van der Waals surface area (Å²) in [5, 5.41) is 7.49. The zero-order valence-corrected chi connectivity index (χ0v) is 29.5. The van der Waals surface area contributed by atoms with Gasteiger partial charge in [0.1, 0.15) is 0 Å². The Hall–Kier alpha value is -7.16. The maximum Gasteiger partial charge on any atom is 0.0547 e. The van der Waals surface area contributed by atoms with Crippen molar-refractivity contribution in [3.63, 3.8) is 0 Å². The fourth-order valence-electron chi connectivity index (χ4n) is 8.53. The maximum absolute atomic E-state index is 2.45. The first kappa shape index (κ1) is 30.5. The van der Waals surface area contributed by atoms with Gasteiger partial charge in [-0.3, -0.25) is 0 Å². The van der Waals surface area contributed by atoms with Crippen LogP contribution in [0.15, 0.2) is 206 Å². The van der Waals surface area contributed by atoms with Crippen molar-refractivity contribution in [1.82, 2.24) is 9.13 Å². The number of hydrogen-bond donors (Lipinski definition) is 0. The first-order valence-corrected chi connectivity index (χ1v) is 18.6. The van der Waals surface area contributed by atoms with E-state index in [1.54, 1.807) is 0 Å². The molecule has 252 valence electrons. The molecule has 0 saturated carbocycles. The Bertz CT molecular complexity index is 3130. The zero-order chi connectivity index (χ0) is 35.6. The van der Waals surface area contributed by atoms with Gasteiger partial charge in [0.05, 0.1) is 22.1 Å². The molecule has 0 saturated heterocycles. The van der Waals surface area contributed by atoms with Gasteiger partial charge in [0, 0.05) is 32.9 Å². The standard InChI is InChI=1S/C52H34N2/c1-4-15-35(16-5-1)38-27-39(36-17-6-2-7-18-36)29-40(28-38)37-19-14-22-44(30-37)54-50-26-13-11-24-46(50)48-32-41-33-51-47(31-42(41)34-52(48)54)45-23-10-12-25-49(45)53(51)43-20-8-3-9-21-43/h1-34H. The van der Waals surface area contributed by atoms with Crippen molar-refractivity contribution >= 4 is 54.4 Å². The van der Waals surface area contributed by atoms with Gasteiger partial charge < -0.3 is 9.13 Å². The van der Waals surface area contributed by atoms with Crippen molar-refractivity contribution in [2.45, 2.75) is 0 Å². The minimum absolute atomic E-state index is 1.14. The molecule has 11 aromatic rings. The van der Waals surface area contributed by atoms with E-state index in [4.69, 9.17) is 0 Å². The highest BCUT2D eigenvalue weighted by atomic mass is 15.0. The predicted octanol–water partition coefficient (Wildman–Crippen LogP) is 14.0. The number of nitrogens with zero attached hydrogens (tertiary/aromatic N) is 2. The Balaban J connectivity index is 1.13. The Morgan fingerprint density at radius 3 is 1.17 bits per heavy atom. The lowest BCUT2D eigenvalue weighted by atomic mass is 9.93. The second kappa shape index (κ2) is 12.2. The lowest BCUT2D eigenvalue weighted by Gasteiger charge is -2.14. The Kier molecular flexibility index (Phi) is 6.90. The van der Waals surface area contributed by atoms with Crippen molar-refractivity contribution in [3.8, 4) is 44.8 Å². The van der Waals surface area contributed by atoms with Crippen LogP contribution < -0.4 is 0 Å². The first-order valence-electron chi connectivity index (χ1n) is 18.6. The molecular weight excluding hydrogens is 653 g/mol. The topological polar surface area (TPSA) is 9.86 Å². The van der Waals surface area contributed by atoms with Gasteiger partial charge in [0.25, 0.3) is 0 Å². The van der Waals surface area contributed by atoms with E-state index in [9.17, 15) is 0 Å². The Morgan fingerprint density at radius 1 is 0.222 bits per heavy atom. The minimum atomic E-state index is 1.14. The molecule has 2 heterocycles. The molecule has 2 heteroatoms. The number of benzene rings is 9. The molecule has 2 aromatic heterocycles. The van der Waals surface area contributed by atoms with Crippen molar-refractivity contribution in [2.24, 2.45) is 0 Å². The van der Waals surface area contributed by atoms with E-state index in [1.165, 1.54) is 93.5 Å². The van der Waals surface area contributed by atoms with Crippen LogP contribution in [0, 0.1) is 0 Å². The summed E-state index contributed by atoms with van der Waals surface area (Å²) in [6.45, 7) is 0. The third-order valence-electron chi connectivity index (χ3n) is 11.0. The summed E-state index contributed by atoms with van der Waals surface area (Å²) in [5.41, 5.74) is 14.4. The van der Waals surface area contributed by atoms with E-state index in [-0.39, 0.29) is 0 Å². The van der Waals surface area contributed by atoms with Gasteiger partial charge in [-0.25, -0.2) is 0 Å². The highest BCUT2D eigenvalue weighted by Crippen LogP contribution is 2.40. The van der Waals surface area contributed by atoms with Crippen LogP contribution in [0.3, 0.4) is 0 Å². The molecule has 0 unspecified atom stereocenters. The van der Waals surface area contributed by atoms with E-state index >= 15 is 0 Å². The van der Waals surface area contributed by atoms with Crippen LogP contribution in [0.2, 0.25) is 0 Å². The van der Waals surface area contributed by atoms with E-state index in [1.807, 2.05) is 0 Å². The lowest BCUT2D eigenvalue weighted by molar-refractivity contribution is 1.18. The minimum Gasteiger partial charge on any atom is -0.309 e.